The van der Waals surface area contributed by atoms with Gasteiger partial charge in [-0.05, 0) is 19.4 Å². The first-order valence-electron chi connectivity index (χ1n) is 4.92. The Morgan fingerprint density at radius 1 is 1.35 bits per heavy atom. The van der Waals surface area contributed by atoms with E-state index < -0.39 is 22.9 Å². The zero-order chi connectivity index (χ0) is 13.3. The molecule has 0 saturated carbocycles. The van der Waals surface area contributed by atoms with Crippen LogP contribution in [-0.4, -0.2) is 38.8 Å². The molecular formula is C10H13BrN2O4. The van der Waals surface area contributed by atoms with Crippen molar-refractivity contribution in [3.63, 3.8) is 0 Å². The molecule has 1 aliphatic heterocycles. The number of aliphatic carboxylic acids is 1. The van der Waals surface area contributed by atoms with Crippen LogP contribution in [0, 0.1) is 0 Å². The molecule has 2 N–H and O–H groups in total. The molecule has 0 aromatic heterocycles. The van der Waals surface area contributed by atoms with Gasteiger partial charge in [0.2, 0.25) is 5.91 Å². The van der Waals surface area contributed by atoms with Gasteiger partial charge in [-0.3, -0.25) is 14.5 Å². The second-order valence-electron chi connectivity index (χ2n) is 3.91. The zero-order valence-corrected chi connectivity index (χ0v) is 11.2. The number of hydrogen-bond acceptors (Lipinski definition) is 3. The third kappa shape index (κ3) is 2.49. The van der Waals surface area contributed by atoms with Crippen molar-refractivity contribution < 1.29 is 19.5 Å². The zero-order valence-electron chi connectivity index (χ0n) is 9.65. The summed E-state index contributed by atoms with van der Waals surface area (Å²) in [5.74, 6) is -1.92. The van der Waals surface area contributed by atoms with Gasteiger partial charge in [0.25, 0.3) is 5.91 Å². The predicted octanol–water partition coefficient (Wildman–Crippen LogP) is 0.433. The molecule has 0 spiro atoms. The number of nitrogens with one attached hydrogen (secondary N) is 1. The van der Waals surface area contributed by atoms with Gasteiger partial charge in [-0.25, -0.2) is 4.79 Å². The summed E-state index contributed by atoms with van der Waals surface area (Å²) in [4.78, 5) is 34.2. The number of carboxylic acids is 1. The minimum Gasteiger partial charge on any atom is -0.477 e. The summed E-state index contributed by atoms with van der Waals surface area (Å²) in [5, 5.41) is 11.5. The van der Waals surface area contributed by atoms with Crippen LogP contribution in [0.5, 0.6) is 0 Å². The topological polar surface area (TPSA) is 86.7 Å². The number of β-lactam (4-membered cyclic amide) rings is 1. The number of alkyl halides is 1. The molecule has 1 aliphatic rings. The summed E-state index contributed by atoms with van der Waals surface area (Å²) in [6.45, 7) is 4.53. The van der Waals surface area contributed by atoms with E-state index in [0.717, 1.165) is 4.90 Å². The molecule has 0 aliphatic carbocycles. The highest BCUT2D eigenvalue weighted by molar-refractivity contribution is 9.09. The van der Waals surface area contributed by atoms with E-state index in [-0.39, 0.29) is 11.6 Å². The number of carbonyl (C=O) groups is 3. The van der Waals surface area contributed by atoms with E-state index in [1.807, 2.05) is 0 Å². The highest BCUT2D eigenvalue weighted by atomic mass is 79.9. The Labute approximate surface area is 107 Å². The molecule has 1 rings (SSSR count). The van der Waals surface area contributed by atoms with Crippen molar-refractivity contribution in [3.05, 3.63) is 11.3 Å². The summed E-state index contributed by atoms with van der Waals surface area (Å²) in [5.41, 5.74) is 0.468. The predicted molar refractivity (Wildman–Crippen MR) is 63.2 cm³/mol. The van der Waals surface area contributed by atoms with Crippen molar-refractivity contribution in [2.75, 3.05) is 0 Å². The number of carbonyl (C=O) groups excluding carboxylic acids is 2. The number of allylic oxidation sites excluding steroid dienone is 1. The van der Waals surface area contributed by atoms with Crippen molar-refractivity contribution in [1.82, 2.24) is 10.2 Å². The van der Waals surface area contributed by atoms with Crippen LogP contribution in [0.15, 0.2) is 11.3 Å². The van der Waals surface area contributed by atoms with Crippen LogP contribution >= 0.6 is 15.9 Å². The van der Waals surface area contributed by atoms with E-state index in [1.165, 1.54) is 6.92 Å². The van der Waals surface area contributed by atoms with Crippen molar-refractivity contribution in [2.24, 2.45) is 0 Å². The molecule has 0 bridgehead atoms. The largest absolute Gasteiger partial charge is 0.477 e. The molecule has 0 radical (unpaired) electrons. The second kappa shape index (κ2) is 4.87. The summed E-state index contributed by atoms with van der Waals surface area (Å²) in [7, 11) is 0. The Hall–Kier alpha value is -1.37. The highest BCUT2D eigenvalue weighted by Gasteiger charge is 2.49. The minimum absolute atomic E-state index is 0.0570. The lowest BCUT2D eigenvalue weighted by Gasteiger charge is -2.44. The fourth-order valence-electron chi connectivity index (χ4n) is 1.60. The van der Waals surface area contributed by atoms with E-state index in [2.05, 4.69) is 21.2 Å². The van der Waals surface area contributed by atoms with Crippen LogP contribution < -0.4 is 5.32 Å². The lowest BCUT2D eigenvalue weighted by Crippen LogP contribution is -2.68. The third-order valence-electron chi connectivity index (χ3n) is 2.30. The molecule has 1 fully saturated rings. The molecule has 6 nitrogen and oxygen atoms in total. The SMILES string of the molecule is CC(=O)NC1C(=O)N(C(C(=O)O)=C(C)C)C1Br. The van der Waals surface area contributed by atoms with Crippen molar-refractivity contribution in [3.8, 4) is 0 Å². The number of amides is 2. The smallest absolute Gasteiger partial charge is 0.352 e. The van der Waals surface area contributed by atoms with E-state index in [4.69, 9.17) is 5.11 Å². The number of carboxylic acid groups (broad SMARTS) is 1. The quantitative estimate of drug-likeness (QED) is 0.343. The molecule has 94 valence electrons. The lowest BCUT2D eigenvalue weighted by molar-refractivity contribution is -0.150. The summed E-state index contributed by atoms with van der Waals surface area (Å²) >= 11 is 3.19. The molecule has 0 aromatic carbocycles. The maximum atomic E-state index is 11.7. The number of hydrogen-bond donors (Lipinski definition) is 2. The standard InChI is InChI=1S/C10H13BrN2O4/c1-4(2)7(10(16)17)13-8(11)6(9(13)15)12-5(3)14/h6,8H,1-3H3,(H,12,14)(H,16,17). The molecule has 2 atom stereocenters. The Morgan fingerprint density at radius 3 is 2.18 bits per heavy atom. The fourth-order valence-corrected chi connectivity index (χ4v) is 2.36. The van der Waals surface area contributed by atoms with Gasteiger partial charge in [-0.15, -0.1) is 0 Å². The average Bonchev–Trinajstić information content (AvgIpc) is 2.20. The molecule has 2 amide bonds. The van der Waals surface area contributed by atoms with Crippen LogP contribution in [-0.2, 0) is 14.4 Å². The Bertz CT molecular complexity index is 415. The van der Waals surface area contributed by atoms with Gasteiger partial charge in [0.1, 0.15) is 16.7 Å². The van der Waals surface area contributed by atoms with Crippen LogP contribution in [0.4, 0.5) is 0 Å². The van der Waals surface area contributed by atoms with Gasteiger partial charge >= 0.3 is 5.97 Å². The van der Waals surface area contributed by atoms with Gasteiger partial charge in [-0.2, -0.15) is 0 Å². The van der Waals surface area contributed by atoms with E-state index in [1.54, 1.807) is 13.8 Å². The molecule has 2 unspecified atom stereocenters. The summed E-state index contributed by atoms with van der Waals surface area (Å²) in [6, 6.07) is -0.707. The van der Waals surface area contributed by atoms with E-state index >= 15 is 0 Å². The second-order valence-corrected chi connectivity index (χ2v) is 4.85. The molecule has 1 saturated heterocycles. The molecular weight excluding hydrogens is 292 g/mol. The third-order valence-corrected chi connectivity index (χ3v) is 3.24. The van der Waals surface area contributed by atoms with Crippen molar-refractivity contribution in [2.45, 2.75) is 31.8 Å². The van der Waals surface area contributed by atoms with E-state index in [0.29, 0.717) is 5.57 Å². The summed E-state index contributed by atoms with van der Waals surface area (Å²) in [6.07, 6.45) is 0. The number of halogens is 1. The first-order valence-corrected chi connectivity index (χ1v) is 5.84. The van der Waals surface area contributed by atoms with Crippen LogP contribution in [0.3, 0.4) is 0 Å². The van der Waals surface area contributed by atoms with Crippen LogP contribution in [0.1, 0.15) is 20.8 Å². The number of likely N-dealkylation sites (tertiary alicyclic amines) is 1. The Morgan fingerprint density at radius 2 is 1.88 bits per heavy atom. The summed E-state index contributed by atoms with van der Waals surface area (Å²) < 4.78 is 0. The first kappa shape index (κ1) is 13.7. The number of rotatable bonds is 3. The van der Waals surface area contributed by atoms with Crippen LogP contribution in [0.25, 0.3) is 0 Å². The van der Waals surface area contributed by atoms with Gasteiger partial charge in [0.05, 0.1) is 0 Å². The van der Waals surface area contributed by atoms with Crippen molar-refractivity contribution in [1.29, 1.82) is 0 Å². The monoisotopic (exact) mass is 304 g/mol. The molecule has 7 heteroatoms. The molecule has 0 aromatic rings. The number of nitrogens with zero attached hydrogens (tertiary/aromatic N) is 1. The van der Waals surface area contributed by atoms with Gasteiger partial charge in [0.15, 0.2) is 0 Å². The van der Waals surface area contributed by atoms with Gasteiger partial charge < -0.3 is 10.4 Å². The van der Waals surface area contributed by atoms with Crippen molar-refractivity contribution >= 4 is 33.7 Å². The lowest BCUT2D eigenvalue weighted by atomic mass is 10.0. The normalized spacial score (nSPS) is 22.8. The maximum Gasteiger partial charge on any atom is 0.352 e. The van der Waals surface area contributed by atoms with Gasteiger partial charge in [0, 0.05) is 6.92 Å². The minimum atomic E-state index is -1.16. The molecule has 17 heavy (non-hydrogen) atoms. The fraction of sp³-hybridized carbons (Fsp3) is 0.500. The Kier molecular flexibility index (Phi) is 3.92. The Balaban J connectivity index is 2.91. The van der Waals surface area contributed by atoms with E-state index in [9.17, 15) is 14.4 Å². The highest BCUT2D eigenvalue weighted by Crippen LogP contribution is 2.31. The van der Waals surface area contributed by atoms with Crippen LogP contribution in [0.2, 0.25) is 0 Å². The maximum absolute atomic E-state index is 11.7. The first-order chi connectivity index (χ1) is 7.77. The molecule has 1 heterocycles. The average molecular weight is 305 g/mol. The van der Waals surface area contributed by atoms with Gasteiger partial charge in [-0.1, -0.05) is 15.9 Å².